The molecule has 0 saturated heterocycles. The first-order valence-electron chi connectivity index (χ1n) is 4.59. The molecule has 0 amide bonds. The van der Waals surface area contributed by atoms with Crippen molar-refractivity contribution < 1.29 is 5.11 Å². The monoisotopic (exact) mass is 208 g/mol. The molecule has 0 spiro atoms. The van der Waals surface area contributed by atoms with Gasteiger partial charge >= 0.3 is 0 Å². The molecule has 1 aliphatic rings. The number of rotatable bonds is 0. The van der Waals surface area contributed by atoms with Crippen LogP contribution in [0.5, 0.6) is 0 Å². The van der Waals surface area contributed by atoms with Gasteiger partial charge in [-0.2, -0.15) is 0 Å². The highest BCUT2D eigenvalue weighted by molar-refractivity contribution is 6.31. The zero-order valence-corrected chi connectivity index (χ0v) is 8.20. The lowest BCUT2D eigenvalue weighted by Gasteiger charge is -1.97. The highest BCUT2D eigenvalue weighted by Crippen LogP contribution is 2.30. The van der Waals surface area contributed by atoms with E-state index >= 15 is 0 Å². The number of nitrogens with zero attached hydrogens (tertiary/aromatic N) is 2. The topological polar surface area (TPSA) is 38.0 Å². The molecule has 1 unspecified atom stereocenters. The number of aromatic nitrogens is 2. The highest BCUT2D eigenvalue weighted by atomic mass is 35.5. The first kappa shape index (κ1) is 8.26. The van der Waals surface area contributed by atoms with E-state index in [1.807, 2.05) is 22.8 Å². The second kappa shape index (κ2) is 2.72. The number of imidazole rings is 1. The molecule has 72 valence electrons. The van der Waals surface area contributed by atoms with Crippen molar-refractivity contribution in [2.45, 2.75) is 19.1 Å². The van der Waals surface area contributed by atoms with E-state index in [0.29, 0.717) is 5.02 Å². The van der Waals surface area contributed by atoms with Crippen LogP contribution in [-0.2, 0) is 6.54 Å². The molecule has 3 nitrogen and oxygen atoms in total. The van der Waals surface area contributed by atoms with Crippen LogP contribution in [0.3, 0.4) is 0 Å². The van der Waals surface area contributed by atoms with Crippen molar-refractivity contribution in [2.24, 2.45) is 0 Å². The van der Waals surface area contributed by atoms with Crippen molar-refractivity contribution in [1.82, 2.24) is 9.55 Å². The van der Waals surface area contributed by atoms with E-state index in [4.69, 9.17) is 11.6 Å². The summed E-state index contributed by atoms with van der Waals surface area (Å²) in [6, 6.07) is 5.60. The summed E-state index contributed by atoms with van der Waals surface area (Å²) < 4.78 is 2.03. The number of aliphatic hydroxyl groups excluding tert-OH is 1. The third kappa shape index (κ3) is 0.996. The van der Waals surface area contributed by atoms with E-state index in [1.165, 1.54) is 0 Å². The second-order valence-corrected chi connectivity index (χ2v) is 4.00. The standard InChI is InChI=1S/C10H9ClN2O/c11-6-1-2-7-8(5-6)13-4-3-9(14)10(13)12-7/h1-2,5,9,14H,3-4H2. The van der Waals surface area contributed by atoms with Crippen molar-refractivity contribution in [3.63, 3.8) is 0 Å². The van der Waals surface area contributed by atoms with Crippen LogP contribution in [0.25, 0.3) is 11.0 Å². The second-order valence-electron chi connectivity index (χ2n) is 3.56. The number of aryl methyl sites for hydroxylation is 1. The van der Waals surface area contributed by atoms with Gasteiger partial charge in [-0.25, -0.2) is 4.98 Å². The molecule has 0 aliphatic carbocycles. The molecule has 1 aliphatic heterocycles. The van der Waals surface area contributed by atoms with Gasteiger partial charge in [-0.3, -0.25) is 0 Å². The minimum atomic E-state index is -0.416. The summed E-state index contributed by atoms with van der Waals surface area (Å²) in [5.74, 6) is 0.766. The van der Waals surface area contributed by atoms with Gasteiger partial charge in [0.15, 0.2) is 0 Å². The van der Waals surface area contributed by atoms with Crippen LogP contribution in [0.2, 0.25) is 5.02 Å². The average Bonchev–Trinajstić information content (AvgIpc) is 2.67. The van der Waals surface area contributed by atoms with Crippen LogP contribution in [0.1, 0.15) is 18.3 Å². The van der Waals surface area contributed by atoms with E-state index < -0.39 is 6.10 Å². The third-order valence-corrected chi connectivity index (χ3v) is 2.90. The van der Waals surface area contributed by atoms with Gasteiger partial charge in [-0.1, -0.05) is 11.6 Å². The molecule has 2 aromatic rings. The van der Waals surface area contributed by atoms with Gasteiger partial charge < -0.3 is 9.67 Å². The summed E-state index contributed by atoms with van der Waals surface area (Å²) in [6.07, 6.45) is 0.339. The third-order valence-electron chi connectivity index (χ3n) is 2.66. The predicted molar refractivity (Wildman–Crippen MR) is 54.3 cm³/mol. The summed E-state index contributed by atoms with van der Waals surface area (Å²) in [5.41, 5.74) is 1.92. The lowest BCUT2D eigenvalue weighted by Crippen LogP contribution is -1.93. The summed E-state index contributed by atoms with van der Waals surface area (Å²) in [4.78, 5) is 4.37. The SMILES string of the molecule is OC1CCn2c1nc1ccc(Cl)cc12. The Morgan fingerprint density at radius 3 is 3.21 bits per heavy atom. The smallest absolute Gasteiger partial charge is 0.138 e. The number of hydrogen-bond acceptors (Lipinski definition) is 2. The van der Waals surface area contributed by atoms with Crippen LogP contribution in [-0.4, -0.2) is 14.7 Å². The summed E-state index contributed by atoms with van der Waals surface area (Å²) in [5, 5.41) is 10.3. The van der Waals surface area contributed by atoms with Crippen LogP contribution in [0.4, 0.5) is 0 Å². The Kier molecular flexibility index (Phi) is 1.60. The Labute approximate surface area is 85.9 Å². The molecule has 0 radical (unpaired) electrons. The van der Waals surface area contributed by atoms with Crippen molar-refractivity contribution in [3.05, 3.63) is 29.0 Å². The van der Waals surface area contributed by atoms with Gasteiger partial charge in [0, 0.05) is 11.6 Å². The number of aliphatic hydroxyl groups is 1. The molecule has 1 N–H and O–H groups in total. The molecule has 2 heterocycles. The van der Waals surface area contributed by atoms with Crippen LogP contribution in [0, 0.1) is 0 Å². The average molecular weight is 209 g/mol. The molecule has 4 heteroatoms. The molecule has 14 heavy (non-hydrogen) atoms. The summed E-state index contributed by atoms with van der Waals surface area (Å²) in [6.45, 7) is 0.827. The van der Waals surface area contributed by atoms with Crippen molar-refractivity contribution in [3.8, 4) is 0 Å². The van der Waals surface area contributed by atoms with E-state index in [-0.39, 0.29) is 0 Å². The predicted octanol–water partition coefficient (Wildman–Crippen LogP) is 2.13. The van der Waals surface area contributed by atoms with E-state index in [1.54, 1.807) is 0 Å². The Morgan fingerprint density at radius 1 is 1.50 bits per heavy atom. The van der Waals surface area contributed by atoms with Crippen LogP contribution in [0.15, 0.2) is 18.2 Å². The van der Waals surface area contributed by atoms with E-state index in [0.717, 1.165) is 29.8 Å². The lowest BCUT2D eigenvalue weighted by atomic mass is 10.3. The molecule has 0 saturated carbocycles. The number of fused-ring (bicyclic) bond motifs is 3. The Hall–Kier alpha value is -1.06. The van der Waals surface area contributed by atoms with E-state index in [9.17, 15) is 5.11 Å². The number of benzene rings is 1. The minimum Gasteiger partial charge on any atom is -0.385 e. The molecule has 3 rings (SSSR count). The lowest BCUT2D eigenvalue weighted by molar-refractivity contribution is 0.176. The van der Waals surface area contributed by atoms with Crippen LogP contribution < -0.4 is 0 Å². The normalized spacial score (nSPS) is 20.3. The molecular weight excluding hydrogens is 200 g/mol. The molecule has 0 bridgehead atoms. The molecule has 1 atom stereocenters. The maximum atomic E-state index is 9.64. The first-order valence-corrected chi connectivity index (χ1v) is 4.97. The number of halogens is 1. The Balaban J connectivity index is 2.36. The first-order chi connectivity index (χ1) is 6.75. The van der Waals surface area contributed by atoms with Gasteiger partial charge in [-0.15, -0.1) is 0 Å². The van der Waals surface area contributed by atoms with Gasteiger partial charge in [-0.05, 0) is 24.6 Å². The Morgan fingerprint density at radius 2 is 2.36 bits per heavy atom. The number of hydrogen-bond donors (Lipinski definition) is 1. The maximum absolute atomic E-state index is 9.64. The highest BCUT2D eigenvalue weighted by Gasteiger charge is 2.24. The fourth-order valence-electron chi connectivity index (χ4n) is 1.98. The van der Waals surface area contributed by atoms with Gasteiger partial charge in [0.1, 0.15) is 11.9 Å². The fraction of sp³-hybridized carbons (Fsp3) is 0.300. The Bertz CT molecular complexity index is 506. The zero-order valence-electron chi connectivity index (χ0n) is 7.44. The minimum absolute atomic E-state index is 0.416. The largest absolute Gasteiger partial charge is 0.385 e. The molecule has 0 fully saturated rings. The molecule has 1 aromatic heterocycles. The molecular formula is C10H9ClN2O. The van der Waals surface area contributed by atoms with Gasteiger partial charge in [0.2, 0.25) is 0 Å². The summed E-state index contributed by atoms with van der Waals surface area (Å²) in [7, 11) is 0. The van der Waals surface area contributed by atoms with Gasteiger partial charge in [0.05, 0.1) is 11.0 Å². The van der Waals surface area contributed by atoms with Crippen molar-refractivity contribution in [1.29, 1.82) is 0 Å². The molecule has 1 aromatic carbocycles. The maximum Gasteiger partial charge on any atom is 0.138 e. The van der Waals surface area contributed by atoms with Crippen LogP contribution >= 0.6 is 11.6 Å². The van der Waals surface area contributed by atoms with Gasteiger partial charge in [0.25, 0.3) is 0 Å². The van der Waals surface area contributed by atoms with E-state index in [2.05, 4.69) is 4.98 Å². The van der Waals surface area contributed by atoms with Crippen molar-refractivity contribution in [2.75, 3.05) is 0 Å². The van der Waals surface area contributed by atoms with Crippen molar-refractivity contribution >= 4 is 22.6 Å². The fourth-order valence-corrected chi connectivity index (χ4v) is 2.15. The zero-order chi connectivity index (χ0) is 9.71. The quantitative estimate of drug-likeness (QED) is 0.720. The summed E-state index contributed by atoms with van der Waals surface area (Å²) >= 11 is 5.91.